The summed E-state index contributed by atoms with van der Waals surface area (Å²) < 4.78 is 5.00. The number of hydrogen-bond acceptors (Lipinski definition) is 4. The third-order valence-corrected chi connectivity index (χ3v) is 3.33. The maximum atomic E-state index is 12.3. The molecule has 0 bridgehead atoms. The van der Waals surface area contributed by atoms with E-state index < -0.39 is 5.25 Å². The standard InChI is InChI=1S/C15H20N2O2S/c1-19-11-10-17(9-5-8-16)15(18)14(20)12-13-6-3-2-4-7-13/h2-4,6-7,14,20H,5,9-12H2,1H3. The molecule has 20 heavy (non-hydrogen) atoms. The van der Waals surface area contributed by atoms with Crippen LogP contribution >= 0.6 is 12.6 Å². The lowest BCUT2D eigenvalue weighted by Gasteiger charge is -2.24. The second-order valence-corrected chi connectivity index (χ2v) is 5.06. The van der Waals surface area contributed by atoms with Crippen LogP contribution in [0.4, 0.5) is 0 Å². The Kier molecular flexibility index (Phi) is 7.78. The topological polar surface area (TPSA) is 53.3 Å². The first kappa shape index (κ1) is 16.5. The fourth-order valence-corrected chi connectivity index (χ4v) is 2.23. The monoisotopic (exact) mass is 292 g/mol. The highest BCUT2D eigenvalue weighted by molar-refractivity contribution is 7.81. The summed E-state index contributed by atoms with van der Waals surface area (Å²) in [4.78, 5) is 14.0. The molecule has 0 aliphatic carbocycles. The van der Waals surface area contributed by atoms with Crippen molar-refractivity contribution in [1.29, 1.82) is 5.26 Å². The lowest BCUT2D eigenvalue weighted by Crippen LogP contribution is -2.40. The van der Waals surface area contributed by atoms with E-state index in [9.17, 15) is 4.79 Å². The molecule has 0 saturated carbocycles. The molecule has 1 rings (SSSR count). The molecule has 1 amide bonds. The number of carbonyl (C=O) groups is 1. The summed E-state index contributed by atoms with van der Waals surface area (Å²) in [7, 11) is 1.59. The third-order valence-electron chi connectivity index (χ3n) is 2.93. The number of ether oxygens (including phenoxy) is 1. The molecule has 1 aromatic carbocycles. The van der Waals surface area contributed by atoms with Gasteiger partial charge in [0.2, 0.25) is 5.91 Å². The molecule has 5 heteroatoms. The van der Waals surface area contributed by atoms with Crippen LogP contribution in [0.1, 0.15) is 12.0 Å². The number of rotatable bonds is 8. The Hall–Kier alpha value is -1.51. The van der Waals surface area contributed by atoms with E-state index in [1.165, 1.54) is 0 Å². The Morgan fingerprint density at radius 1 is 1.40 bits per heavy atom. The van der Waals surface area contributed by atoms with E-state index in [0.717, 1.165) is 5.56 Å². The second kappa shape index (κ2) is 9.40. The van der Waals surface area contributed by atoms with Crippen LogP contribution in [0.25, 0.3) is 0 Å². The average molecular weight is 292 g/mol. The maximum absolute atomic E-state index is 12.3. The zero-order chi connectivity index (χ0) is 14.8. The average Bonchev–Trinajstić information content (AvgIpc) is 2.48. The van der Waals surface area contributed by atoms with Gasteiger partial charge in [0, 0.05) is 20.2 Å². The fraction of sp³-hybridized carbons (Fsp3) is 0.467. The van der Waals surface area contributed by atoms with E-state index in [1.54, 1.807) is 12.0 Å². The van der Waals surface area contributed by atoms with Gasteiger partial charge in [0.1, 0.15) is 0 Å². The van der Waals surface area contributed by atoms with Crippen molar-refractivity contribution in [1.82, 2.24) is 4.90 Å². The molecular weight excluding hydrogens is 272 g/mol. The zero-order valence-electron chi connectivity index (χ0n) is 11.7. The van der Waals surface area contributed by atoms with Crippen molar-refractivity contribution < 1.29 is 9.53 Å². The first-order valence-electron chi connectivity index (χ1n) is 6.55. The number of carbonyl (C=O) groups excluding carboxylic acids is 1. The van der Waals surface area contributed by atoms with Crippen LogP contribution in [0, 0.1) is 11.3 Å². The Balaban J connectivity index is 2.60. The first-order chi connectivity index (χ1) is 9.69. The SMILES string of the molecule is COCCN(CCC#N)C(=O)C(S)Cc1ccccc1. The smallest absolute Gasteiger partial charge is 0.235 e. The highest BCUT2D eigenvalue weighted by Gasteiger charge is 2.21. The minimum Gasteiger partial charge on any atom is -0.383 e. The van der Waals surface area contributed by atoms with Crippen molar-refractivity contribution in [2.45, 2.75) is 18.1 Å². The number of nitrogens with zero attached hydrogens (tertiary/aromatic N) is 2. The van der Waals surface area contributed by atoms with Gasteiger partial charge in [0.25, 0.3) is 0 Å². The Labute approximate surface area is 125 Å². The van der Waals surface area contributed by atoms with Crippen molar-refractivity contribution in [2.24, 2.45) is 0 Å². The molecule has 1 atom stereocenters. The molecule has 0 aromatic heterocycles. The summed E-state index contributed by atoms with van der Waals surface area (Å²) in [5.41, 5.74) is 1.08. The third kappa shape index (κ3) is 5.64. The quantitative estimate of drug-likeness (QED) is 0.745. The number of hydrogen-bond donors (Lipinski definition) is 1. The Bertz CT molecular complexity index is 445. The molecule has 0 saturated heterocycles. The largest absolute Gasteiger partial charge is 0.383 e. The minimum atomic E-state index is -0.395. The predicted molar refractivity (Wildman–Crippen MR) is 81.6 cm³/mol. The molecule has 0 N–H and O–H groups in total. The van der Waals surface area contributed by atoms with E-state index >= 15 is 0 Å². The summed E-state index contributed by atoms with van der Waals surface area (Å²) in [5, 5.41) is 8.26. The first-order valence-corrected chi connectivity index (χ1v) is 7.07. The van der Waals surface area contributed by atoms with Crippen LogP contribution in [0.5, 0.6) is 0 Å². The number of thiol groups is 1. The van der Waals surface area contributed by atoms with Crippen molar-refractivity contribution in [2.75, 3.05) is 26.8 Å². The van der Waals surface area contributed by atoms with Gasteiger partial charge < -0.3 is 9.64 Å². The molecule has 4 nitrogen and oxygen atoms in total. The van der Waals surface area contributed by atoms with Gasteiger partial charge in [-0.25, -0.2) is 0 Å². The van der Waals surface area contributed by atoms with E-state index in [4.69, 9.17) is 10.00 Å². The molecule has 0 radical (unpaired) electrons. The van der Waals surface area contributed by atoms with Crippen molar-refractivity contribution in [3.05, 3.63) is 35.9 Å². The molecule has 0 aliphatic rings. The maximum Gasteiger partial charge on any atom is 0.235 e. The second-order valence-electron chi connectivity index (χ2n) is 4.43. The van der Waals surface area contributed by atoms with Gasteiger partial charge in [0.15, 0.2) is 0 Å². The molecule has 1 unspecified atom stereocenters. The normalized spacial score (nSPS) is 11.7. The fourth-order valence-electron chi connectivity index (χ4n) is 1.85. The Morgan fingerprint density at radius 3 is 2.70 bits per heavy atom. The van der Waals surface area contributed by atoms with E-state index in [-0.39, 0.29) is 5.91 Å². The predicted octanol–water partition coefficient (Wildman–Crippen LogP) is 1.92. The molecule has 0 heterocycles. The highest BCUT2D eigenvalue weighted by atomic mass is 32.1. The van der Waals surface area contributed by atoms with Gasteiger partial charge in [-0.05, 0) is 12.0 Å². The van der Waals surface area contributed by atoms with Crippen molar-refractivity contribution in [3.63, 3.8) is 0 Å². The van der Waals surface area contributed by atoms with E-state index in [2.05, 4.69) is 18.7 Å². The van der Waals surface area contributed by atoms with Crippen LogP contribution in [0.2, 0.25) is 0 Å². The van der Waals surface area contributed by atoms with Gasteiger partial charge in [-0.15, -0.1) is 0 Å². The lowest BCUT2D eigenvalue weighted by atomic mass is 10.1. The van der Waals surface area contributed by atoms with Crippen LogP contribution in [0.15, 0.2) is 30.3 Å². The van der Waals surface area contributed by atoms with Crippen LogP contribution < -0.4 is 0 Å². The molecule has 108 valence electrons. The lowest BCUT2D eigenvalue weighted by molar-refractivity contribution is -0.131. The number of methoxy groups -OCH3 is 1. The number of amides is 1. The summed E-state index contributed by atoms with van der Waals surface area (Å²) in [5.74, 6) is -0.0514. The number of nitriles is 1. The molecule has 1 aromatic rings. The highest BCUT2D eigenvalue weighted by Crippen LogP contribution is 2.11. The zero-order valence-corrected chi connectivity index (χ0v) is 12.6. The molecule has 0 aliphatic heterocycles. The summed E-state index contributed by atoms with van der Waals surface area (Å²) in [6, 6.07) is 11.8. The van der Waals surface area contributed by atoms with Crippen LogP contribution in [-0.2, 0) is 16.0 Å². The molecule has 0 fully saturated rings. The van der Waals surface area contributed by atoms with Crippen LogP contribution in [0.3, 0.4) is 0 Å². The van der Waals surface area contributed by atoms with Crippen LogP contribution in [-0.4, -0.2) is 42.9 Å². The van der Waals surface area contributed by atoms with Gasteiger partial charge in [-0.2, -0.15) is 17.9 Å². The molecular formula is C15H20N2O2S. The van der Waals surface area contributed by atoms with E-state index in [0.29, 0.717) is 32.5 Å². The molecule has 0 spiro atoms. The minimum absolute atomic E-state index is 0.0514. The van der Waals surface area contributed by atoms with Crippen molar-refractivity contribution in [3.8, 4) is 6.07 Å². The van der Waals surface area contributed by atoms with E-state index in [1.807, 2.05) is 30.3 Å². The van der Waals surface area contributed by atoms with Crippen molar-refractivity contribution >= 4 is 18.5 Å². The van der Waals surface area contributed by atoms with Gasteiger partial charge in [0.05, 0.1) is 24.3 Å². The summed E-state index contributed by atoms with van der Waals surface area (Å²) >= 11 is 4.40. The summed E-state index contributed by atoms with van der Waals surface area (Å²) in [6.45, 7) is 1.37. The summed E-state index contributed by atoms with van der Waals surface area (Å²) in [6.07, 6.45) is 0.903. The van der Waals surface area contributed by atoms with Gasteiger partial charge in [-0.1, -0.05) is 30.3 Å². The number of benzene rings is 1. The van der Waals surface area contributed by atoms with Gasteiger partial charge in [-0.3, -0.25) is 4.79 Å². The Morgan fingerprint density at radius 2 is 2.10 bits per heavy atom. The van der Waals surface area contributed by atoms with Gasteiger partial charge >= 0.3 is 0 Å².